The third kappa shape index (κ3) is 3.24. The van der Waals surface area contributed by atoms with Crippen LogP contribution in [-0.4, -0.2) is 40.7 Å². The molecule has 0 spiro atoms. The summed E-state index contributed by atoms with van der Waals surface area (Å²) < 4.78 is 5.43. The lowest BCUT2D eigenvalue weighted by Crippen LogP contribution is -2.48. The maximum Gasteiger partial charge on any atom is 0.270 e. The number of ether oxygens (including phenoxy) is 1. The number of aromatic nitrogens is 1. The first-order valence-corrected chi connectivity index (χ1v) is 6.50. The number of amidine groups is 1. The van der Waals surface area contributed by atoms with Gasteiger partial charge in [-0.25, -0.2) is 0 Å². The predicted molar refractivity (Wildman–Crippen MR) is 72.7 cm³/mol. The molecule has 4 N–H and O–H groups in total. The van der Waals surface area contributed by atoms with Crippen molar-refractivity contribution < 1.29 is 14.7 Å². The van der Waals surface area contributed by atoms with E-state index < -0.39 is 0 Å². The van der Waals surface area contributed by atoms with Gasteiger partial charge in [0.25, 0.3) is 5.91 Å². The van der Waals surface area contributed by atoms with Crippen LogP contribution in [0.25, 0.3) is 0 Å². The van der Waals surface area contributed by atoms with Gasteiger partial charge < -0.3 is 21.0 Å². The van der Waals surface area contributed by atoms with Crippen LogP contribution >= 0.6 is 0 Å². The molecule has 1 heterocycles. The Morgan fingerprint density at radius 1 is 1.60 bits per heavy atom. The van der Waals surface area contributed by atoms with Crippen LogP contribution in [0.3, 0.4) is 0 Å². The molecule has 108 valence electrons. The van der Waals surface area contributed by atoms with Crippen LogP contribution < -0.4 is 11.1 Å². The largest absolute Gasteiger partial charge is 0.409 e. The Morgan fingerprint density at radius 2 is 2.35 bits per heavy atom. The third-order valence-electron chi connectivity index (χ3n) is 3.23. The van der Waals surface area contributed by atoms with Gasteiger partial charge in [-0.15, -0.1) is 0 Å². The number of nitrogens with one attached hydrogen (secondary N) is 1. The van der Waals surface area contributed by atoms with Crippen LogP contribution in [-0.2, 0) is 4.74 Å². The fourth-order valence-corrected chi connectivity index (χ4v) is 2.05. The number of nitrogens with zero attached hydrogens (tertiary/aromatic N) is 2. The Balaban J connectivity index is 1.87. The number of amides is 1. The molecule has 1 aliphatic carbocycles. The normalized spacial score (nSPS) is 22.1. The zero-order valence-electron chi connectivity index (χ0n) is 11.2. The lowest BCUT2D eigenvalue weighted by molar-refractivity contribution is -0.00867. The first-order chi connectivity index (χ1) is 9.63. The number of hydrogen-bond donors (Lipinski definition) is 3. The van der Waals surface area contributed by atoms with Gasteiger partial charge in [-0.05, 0) is 31.9 Å². The standard InChI is InChI=1S/C13H18N4O3/c1-2-20-10-5-9(6-10)16-13(18)11-4-3-8(7-15-11)12(14)17-19/h3-4,7,9-10,19H,2,5-6H2,1H3,(H2,14,17)(H,16,18). The van der Waals surface area contributed by atoms with E-state index in [0.29, 0.717) is 17.9 Å². The maximum atomic E-state index is 11.9. The molecule has 7 heteroatoms. The summed E-state index contributed by atoms with van der Waals surface area (Å²) in [6.45, 7) is 2.65. The third-order valence-corrected chi connectivity index (χ3v) is 3.23. The molecule has 0 unspecified atom stereocenters. The van der Waals surface area contributed by atoms with Gasteiger partial charge in [0.1, 0.15) is 5.69 Å². The first kappa shape index (κ1) is 14.3. The minimum atomic E-state index is -0.226. The Labute approximate surface area is 116 Å². The van der Waals surface area contributed by atoms with Crippen molar-refractivity contribution in [1.29, 1.82) is 0 Å². The monoisotopic (exact) mass is 278 g/mol. The molecule has 20 heavy (non-hydrogen) atoms. The minimum Gasteiger partial charge on any atom is -0.409 e. The fraction of sp³-hybridized carbons (Fsp3) is 0.462. The van der Waals surface area contributed by atoms with E-state index in [1.165, 1.54) is 6.20 Å². The highest BCUT2D eigenvalue weighted by Crippen LogP contribution is 2.23. The van der Waals surface area contributed by atoms with Gasteiger partial charge in [0.2, 0.25) is 0 Å². The van der Waals surface area contributed by atoms with Crippen LogP contribution in [0.2, 0.25) is 0 Å². The SMILES string of the molecule is CCOC1CC(NC(=O)c2ccc(/C(N)=N/O)cn2)C1. The number of hydrogen-bond acceptors (Lipinski definition) is 5. The van der Waals surface area contributed by atoms with Crippen molar-refractivity contribution in [3.63, 3.8) is 0 Å². The van der Waals surface area contributed by atoms with Crippen molar-refractivity contribution in [1.82, 2.24) is 10.3 Å². The van der Waals surface area contributed by atoms with E-state index in [2.05, 4.69) is 15.5 Å². The van der Waals surface area contributed by atoms with E-state index in [0.717, 1.165) is 12.8 Å². The van der Waals surface area contributed by atoms with Crippen molar-refractivity contribution in [3.05, 3.63) is 29.6 Å². The molecule has 0 aliphatic heterocycles. The van der Waals surface area contributed by atoms with Gasteiger partial charge in [-0.3, -0.25) is 9.78 Å². The lowest BCUT2D eigenvalue weighted by atomic mass is 9.89. The summed E-state index contributed by atoms with van der Waals surface area (Å²) in [7, 11) is 0. The number of carbonyl (C=O) groups is 1. The molecular formula is C13H18N4O3. The molecule has 1 amide bonds. The van der Waals surface area contributed by atoms with Crippen LogP contribution in [0.15, 0.2) is 23.5 Å². The molecule has 0 atom stereocenters. The zero-order valence-corrected chi connectivity index (χ0v) is 11.2. The zero-order chi connectivity index (χ0) is 14.5. The van der Waals surface area contributed by atoms with Gasteiger partial charge in [-0.2, -0.15) is 0 Å². The molecule has 1 aromatic rings. The highest BCUT2D eigenvalue weighted by molar-refractivity contribution is 5.98. The molecule has 0 radical (unpaired) electrons. The highest BCUT2D eigenvalue weighted by atomic mass is 16.5. The Morgan fingerprint density at radius 3 is 2.90 bits per heavy atom. The predicted octanol–water partition coefficient (Wildman–Crippen LogP) is 0.473. The van der Waals surface area contributed by atoms with Crippen LogP contribution in [0.1, 0.15) is 35.8 Å². The van der Waals surface area contributed by atoms with Gasteiger partial charge in [-0.1, -0.05) is 5.16 Å². The summed E-state index contributed by atoms with van der Waals surface area (Å²) in [6.07, 6.45) is 3.32. The summed E-state index contributed by atoms with van der Waals surface area (Å²) in [6, 6.07) is 3.27. The Hall–Kier alpha value is -2.15. The van der Waals surface area contributed by atoms with E-state index in [1.54, 1.807) is 12.1 Å². The average molecular weight is 278 g/mol. The summed E-state index contributed by atoms with van der Waals surface area (Å²) in [5.41, 5.74) is 6.19. The topological polar surface area (TPSA) is 110 Å². The molecular weight excluding hydrogens is 260 g/mol. The minimum absolute atomic E-state index is 0.0389. The fourth-order valence-electron chi connectivity index (χ4n) is 2.05. The van der Waals surface area contributed by atoms with Crippen molar-refractivity contribution >= 4 is 11.7 Å². The number of rotatable bonds is 5. The highest BCUT2D eigenvalue weighted by Gasteiger charge is 2.31. The summed E-state index contributed by atoms with van der Waals surface area (Å²) in [5, 5.41) is 14.3. The Bertz CT molecular complexity index is 495. The van der Waals surface area contributed by atoms with Crippen LogP contribution in [0.5, 0.6) is 0 Å². The second-order valence-electron chi connectivity index (χ2n) is 4.64. The summed E-state index contributed by atoms with van der Waals surface area (Å²) in [5.74, 6) is -0.265. The molecule has 0 bridgehead atoms. The van der Waals surface area contributed by atoms with Gasteiger partial charge in [0, 0.05) is 24.4 Å². The number of oxime groups is 1. The number of pyridine rings is 1. The Kier molecular flexibility index (Phi) is 4.52. The van der Waals surface area contributed by atoms with Gasteiger partial charge >= 0.3 is 0 Å². The van der Waals surface area contributed by atoms with Crippen LogP contribution in [0.4, 0.5) is 0 Å². The average Bonchev–Trinajstić information content (AvgIpc) is 2.44. The van der Waals surface area contributed by atoms with E-state index >= 15 is 0 Å². The summed E-state index contributed by atoms with van der Waals surface area (Å²) >= 11 is 0. The number of carbonyl (C=O) groups excluding carboxylic acids is 1. The van der Waals surface area contributed by atoms with Crippen molar-refractivity contribution in [3.8, 4) is 0 Å². The first-order valence-electron chi connectivity index (χ1n) is 6.50. The van der Waals surface area contributed by atoms with E-state index in [1.807, 2.05) is 6.92 Å². The number of nitrogens with two attached hydrogens (primary N) is 1. The maximum absolute atomic E-state index is 11.9. The molecule has 1 fully saturated rings. The van der Waals surface area contributed by atoms with Gasteiger partial charge in [0.05, 0.1) is 6.10 Å². The van der Waals surface area contributed by atoms with E-state index in [9.17, 15) is 4.79 Å². The molecule has 1 saturated carbocycles. The molecule has 0 saturated heterocycles. The van der Waals surface area contributed by atoms with E-state index in [4.69, 9.17) is 15.7 Å². The quantitative estimate of drug-likeness (QED) is 0.314. The van der Waals surface area contributed by atoms with Crippen molar-refractivity contribution in [2.24, 2.45) is 10.9 Å². The molecule has 1 aromatic heterocycles. The van der Waals surface area contributed by atoms with Gasteiger partial charge in [0.15, 0.2) is 5.84 Å². The van der Waals surface area contributed by atoms with Crippen molar-refractivity contribution in [2.75, 3.05) is 6.61 Å². The molecule has 2 rings (SSSR count). The van der Waals surface area contributed by atoms with Crippen molar-refractivity contribution in [2.45, 2.75) is 31.9 Å². The molecule has 7 nitrogen and oxygen atoms in total. The molecule has 0 aromatic carbocycles. The lowest BCUT2D eigenvalue weighted by Gasteiger charge is -2.35. The summed E-state index contributed by atoms with van der Waals surface area (Å²) in [4.78, 5) is 15.9. The second-order valence-corrected chi connectivity index (χ2v) is 4.64. The smallest absolute Gasteiger partial charge is 0.270 e. The molecule has 1 aliphatic rings. The second kappa shape index (κ2) is 6.33. The van der Waals surface area contributed by atoms with Crippen LogP contribution in [0, 0.1) is 0 Å². The van der Waals surface area contributed by atoms with E-state index in [-0.39, 0.29) is 23.9 Å².